The topological polar surface area (TPSA) is 30.7 Å². The highest BCUT2D eigenvalue weighted by molar-refractivity contribution is 7.99. The van der Waals surface area contributed by atoms with Crippen molar-refractivity contribution in [3.63, 3.8) is 0 Å². The number of alkyl halides is 3. The van der Waals surface area contributed by atoms with Gasteiger partial charge < -0.3 is 4.57 Å². The molecule has 0 spiro atoms. The summed E-state index contributed by atoms with van der Waals surface area (Å²) in [5.74, 6) is 0. The first-order valence-corrected chi connectivity index (χ1v) is 5.47. The number of hydrogen-bond donors (Lipinski definition) is 0. The number of aryl methyl sites for hydroxylation is 1. The zero-order chi connectivity index (χ0) is 12.5. The highest BCUT2D eigenvalue weighted by Crippen LogP contribution is 2.32. The molecule has 0 amide bonds. The molecule has 2 heterocycles. The van der Waals surface area contributed by atoms with Crippen LogP contribution in [0.1, 0.15) is 5.56 Å². The molecule has 0 N–H and O–H groups in total. The smallest absolute Gasteiger partial charge is 0.329 e. The summed E-state index contributed by atoms with van der Waals surface area (Å²) in [7, 11) is 1.77. The van der Waals surface area contributed by atoms with Crippen LogP contribution in [0.15, 0.2) is 40.9 Å². The van der Waals surface area contributed by atoms with E-state index in [2.05, 4.69) is 9.97 Å². The molecule has 2 aromatic heterocycles. The van der Waals surface area contributed by atoms with Gasteiger partial charge in [-0.05, 0) is 23.9 Å². The van der Waals surface area contributed by atoms with Crippen LogP contribution in [0.3, 0.4) is 0 Å². The molecule has 90 valence electrons. The first-order valence-electron chi connectivity index (χ1n) is 4.65. The van der Waals surface area contributed by atoms with Crippen molar-refractivity contribution in [1.82, 2.24) is 14.5 Å². The Hall–Kier alpha value is -1.50. The Bertz CT molecular complexity index is 522. The molecule has 0 aliphatic heterocycles. The summed E-state index contributed by atoms with van der Waals surface area (Å²) >= 11 is 1.09. The maximum Gasteiger partial charge on any atom is 0.416 e. The van der Waals surface area contributed by atoms with Gasteiger partial charge in [0, 0.05) is 25.6 Å². The first kappa shape index (κ1) is 12.0. The third-order valence-corrected chi connectivity index (χ3v) is 3.04. The molecule has 2 aromatic rings. The average molecular weight is 259 g/mol. The normalized spacial score (nSPS) is 11.8. The summed E-state index contributed by atoms with van der Waals surface area (Å²) in [6, 6.07) is 1.96. The summed E-state index contributed by atoms with van der Waals surface area (Å²) in [4.78, 5) is 7.89. The predicted octanol–water partition coefficient (Wildman–Crippen LogP) is 2.99. The fourth-order valence-electron chi connectivity index (χ4n) is 1.19. The largest absolute Gasteiger partial charge is 0.416 e. The summed E-state index contributed by atoms with van der Waals surface area (Å²) in [5, 5.41) is 0.867. The molecule has 2 rings (SSSR count). The van der Waals surface area contributed by atoms with Crippen molar-refractivity contribution in [1.29, 1.82) is 0 Å². The van der Waals surface area contributed by atoms with Gasteiger partial charge in [-0.3, -0.25) is 0 Å². The van der Waals surface area contributed by atoms with E-state index in [-0.39, 0.29) is 5.03 Å². The fourth-order valence-corrected chi connectivity index (χ4v) is 1.99. The summed E-state index contributed by atoms with van der Waals surface area (Å²) < 4.78 is 39.1. The van der Waals surface area contributed by atoms with Gasteiger partial charge in [-0.25, -0.2) is 9.97 Å². The van der Waals surface area contributed by atoms with Gasteiger partial charge in [0.05, 0.1) is 5.56 Å². The fraction of sp³-hybridized carbons (Fsp3) is 0.200. The van der Waals surface area contributed by atoms with Crippen LogP contribution < -0.4 is 0 Å². The molecule has 0 aromatic carbocycles. The van der Waals surface area contributed by atoms with E-state index in [4.69, 9.17) is 0 Å². The first-order chi connectivity index (χ1) is 7.97. The molecule has 0 fully saturated rings. The van der Waals surface area contributed by atoms with Crippen molar-refractivity contribution in [2.45, 2.75) is 16.4 Å². The molecular formula is C10H8F3N3S. The predicted molar refractivity (Wildman–Crippen MR) is 56.6 cm³/mol. The number of halogens is 3. The Labute approximate surface area is 99.7 Å². The average Bonchev–Trinajstić information content (AvgIpc) is 2.64. The summed E-state index contributed by atoms with van der Waals surface area (Å²) in [6.07, 6.45) is 0.0971. The van der Waals surface area contributed by atoms with E-state index in [1.54, 1.807) is 24.0 Å². The lowest BCUT2D eigenvalue weighted by molar-refractivity contribution is -0.137. The number of nitrogens with zero attached hydrogens (tertiary/aromatic N) is 3. The number of rotatable bonds is 2. The SMILES string of the molecule is Cn1ccnc1Sc1cc(C(F)(F)F)ccn1. The summed E-state index contributed by atoms with van der Waals surface area (Å²) in [6.45, 7) is 0. The van der Waals surface area contributed by atoms with E-state index in [0.29, 0.717) is 5.16 Å². The maximum atomic E-state index is 12.5. The van der Waals surface area contributed by atoms with Gasteiger partial charge in [0.25, 0.3) is 0 Å². The van der Waals surface area contributed by atoms with Gasteiger partial charge in [0.1, 0.15) is 5.03 Å². The standard InChI is InChI=1S/C10H8F3N3S/c1-16-5-4-15-9(16)17-8-6-7(2-3-14-8)10(11,12)13/h2-6H,1H3. The van der Waals surface area contributed by atoms with Crippen LogP contribution >= 0.6 is 11.8 Å². The van der Waals surface area contributed by atoms with Gasteiger partial charge in [-0.1, -0.05) is 0 Å². The molecule has 0 radical (unpaired) electrons. The van der Waals surface area contributed by atoms with E-state index in [1.165, 1.54) is 0 Å². The van der Waals surface area contributed by atoms with Crippen LogP contribution in [0.4, 0.5) is 13.2 Å². The Kier molecular flexibility index (Phi) is 3.10. The molecule has 17 heavy (non-hydrogen) atoms. The zero-order valence-corrected chi connectivity index (χ0v) is 9.59. The molecule has 0 saturated carbocycles. The molecule has 0 saturated heterocycles. The quantitative estimate of drug-likeness (QED) is 0.830. The van der Waals surface area contributed by atoms with E-state index >= 15 is 0 Å². The number of imidazole rings is 1. The lowest BCUT2D eigenvalue weighted by Gasteiger charge is -2.07. The van der Waals surface area contributed by atoms with Crippen LogP contribution in [0, 0.1) is 0 Å². The molecule has 0 aliphatic rings. The van der Waals surface area contributed by atoms with E-state index in [0.717, 1.165) is 30.1 Å². The molecule has 0 aliphatic carbocycles. The monoisotopic (exact) mass is 259 g/mol. The van der Waals surface area contributed by atoms with Gasteiger partial charge in [-0.15, -0.1) is 0 Å². The summed E-state index contributed by atoms with van der Waals surface area (Å²) in [5.41, 5.74) is -0.704. The van der Waals surface area contributed by atoms with Gasteiger partial charge in [0.2, 0.25) is 0 Å². The molecule has 0 unspecified atom stereocenters. The molecular weight excluding hydrogens is 251 g/mol. The second-order valence-corrected chi connectivity index (χ2v) is 4.29. The van der Waals surface area contributed by atoms with Crippen LogP contribution in [0.5, 0.6) is 0 Å². The van der Waals surface area contributed by atoms with Crippen molar-refractivity contribution in [2.24, 2.45) is 7.05 Å². The van der Waals surface area contributed by atoms with Crippen molar-refractivity contribution >= 4 is 11.8 Å². The highest BCUT2D eigenvalue weighted by Gasteiger charge is 2.30. The third kappa shape index (κ3) is 2.79. The third-order valence-electron chi connectivity index (χ3n) is 2.04. The Morgan fingerprint density at radius 1 is 1.24 bits per heavy atom. The van der Waals surface area contributed by atoms with E-state index < -0.39 is 11.7 Å². The van der Waals surface area contributed by atoms with Crippen LogP contribution in [0.2, 0.25) is 0 Å². The van der Waals surface area contributed by atoms with E-state index in [9.17, 15) is 13.2 Å². The number of hydrogen-bond acceptors (Lipinski definition) is 3. The minimum Gasteiger partial charge on any atom is -0.329 e. The van der Waals surface area contributed by atoms with Gasteiger partial charge >= 0.3 is 6.18 Å². The molecule has 0 bridgehead atoms. The number of aromatic nitrogens is 3. The van der Waals surface area contributed by atoms with E-state index in [1.807, 2.05) is 0 Å². The minimum absolute atomic E-state index is 0.272. The lowest BCUT2D eigenvalue weighted by atomic mass is 10.3. The molecule has 0 atom stereocenters. The Morgan fingerprint density at radius 2 is 2.00 bits per heavy atom. The van der Waals surface area contributed by atoms with Crippen molar-refractivity contribution < 1.29 is 13.2 Å². The highest BCUT2D eigenvalue weighted by atomic mass is 32.2. The Morgan fingerprint density at radius 3 is 2.59 bits per heavy atom. The molecule has 7 heteroatoms. The van der Waals surface area contributed by atoms with Crippen LogP contribution in [0.25, 0.3) is 0 Å². The van der Waals surface area contributed by atoms with Crippen molar-refractivity contribution in [3.05, 3.63) is 36.3 Å². The van der Waals surface area contributed by atoms with Crippen molar-refractivity contribution in [2.75, 3.05) is 0 Å². The van der Waals surface area contributed by atoms with Gasteiger partial charge in [-0.2, -0.15) is 13.2 Å². The zero-order valence-electron chi connectivity index (χ0n) is 8.77. The second kappa shape index (κ2) is 4.40. The van der Waals surface area contributed by atoms with Crippen LogP contribution in [-0.2, 0) is 13.2 Å². The Balaban J connectivity index is 2.26. The van der Waals surface area contributed by atoms with Crippen LogP contribution in [-0.4, -0.2) is 14.5 Å². The lowest BCUT2D eigenvalue weighted by Crippen LogP contribution is -2.05. The molecule has 3 nitrogen and oxygen atoms in total. The maximum absolute atomic E-state index is 12.5. The van der Waals surface area contributed by atoms with Gasteiger partial charge in [0.15, 0.2) is 5.16 Å². The van der Waals surface area contributed by atoms with Crippen molar-refractivity contribution in [3.8, 4) is 0 Å². The minimum atomic E-state index is -4.35. The second-order valence-electron chi connectivity index (χ2n) is 3.30. The number of pyridine rings is 1.